The van der Waals surface area contributed by atoms with Crippen LogP contribution in [0.25, 0.3) is 0 Å². The highest BCUT2D eigenvalue weighted by Crippen LogP contribution is 2.30. The molecule has 0 amide bonds. The second-order valence-electron chi connectivity index (χ2n) is 4.28. The zero-order valence-corrected chi connectivity index (χ0v) is 9.01. The standard InChI is InChI=1S/C10H14N4O2/c1-6-4-7(5-6)12-9-3-2-8(14(15)16)10(11)13-9/h2-3,6-7H,4-5H2,1H3,(H3,11,12,13). The normalized spacial score (nSPS) is 23.6. The topological polar surface area (TPSA) is 94.1 Å². The molecule has 0 saturated heterocycles. The van der Waals surface area contributed by atoms with Gasteiger partial charge in [-0.15, -0.1) is 0 Å². The van der Waals surface area contributed by atoms with Crippen molar-refractivity contribution in [2.75, 3.05) is 11.1 Å². The van der Waals surface area contributed by atoms with Crippen LogP contribution in [0, 0.1) is 16.0 Å². The highest BCUT2D eigenvalue weighted by Gasteiger charge is 2.25. The maximum atomic E-state index is 10.5. The Balaban J connectivity index is 2.06. The number of rotatable bonds is 3. The van der Waals surface area contributed by atoms with Crippen LogP contribution < -0.4 is 11.1 Å². The molecular formula is C10H14N4O2. The second-order valence-corrected chi connectivity index (χ2v) is 4.28. The van der Waals surface area contributed by atoms with E-state index in [1.807, 2.05) is 0 Å². The predicted molar refractivity (Wildman–Crippen MR) is 61.1 cm³/mol. The smallest absolute Gasteiger partial charge is 0.311 e. The Bertz CT molecular complexity index is 415. The minimum Gasteiger partial charge on any atom is -0.378 e. The Morgan fingerprint density at radius 3 is 2.75 bits per heavy atom. The van der Waals surface area contributed by atoms with Gasteiger partial charge < -0.3 is 11.1 Å². The first-order valence-electron chi connectivity index (χ1n) is 5.23. The molecule has 1 heterocycles. The molecule has 1 fully saturated rings. The Hall–Kier alpha value is -1.85. The fourth-order valence-electron chi connectivity index (χ4n) is 1.93. The quantitative estimate of drug-likeness (QED) is 0.600. The van der Waals surface area contributed by atoms with E-state index >= 15 is 0 Å². The van der Waals surface area contributed by atoms with Gasteiger partial charge in [-0.05, 0) is 24.8 Å². The lowest BCUT2D eigenvalue weighted by Crippen LogP contribution is -2.34. The Morgan fingerprint density at radius 1 is 1.56 bits per heavy atom. The first-order chi connectivity index (χ1) is 7.56. The maximum Gasteiger partial charge on any atom is 0.311 e. The van der Waals surface area contributed by atoms with E-state index in [9.17, 15) is 10.1 Å². The lowest BCUT2D eigenvalue weighted by molar-refractivity contribution is -0.384. The molecule has 1 aliphatic carbocycles. The van der Waals surface area contributed by atoms with Crippen LogP contribution in [0.3, 0.4) is 0 Å². The molecule has 0 spiro atoms. The van der Waals surface area contributed by atoms with Gasteiger partial charge >= 0.3 is 5.69 Å². The molecule has 0 radical (unpaired) electrons. The van der Waals surface area contributed by atoms with Crippen molar-refractivity contribution >= 4 is 17.3 Å². The van der Waals surface area contributed by atoms with Crippen molar-refractivity contribution in [3.63, 3.8) is 0 Å². The first-order valence-corrected chi connectivity index (χ1v) is 5.23. The van der Waals surface area contributed by atoms with Gasteiger partial charge in [-0.3, -0.25) is 10.1 Å². The number of pyridine rings is 1. The average Bonchev–Trinajstić information content (AvgIpc) is 2.15. The summed E-state index contributed by atoms with van der Waals surface area (Å²) in [5.74, 6) is 1.32. The highest BCUT2D eigenvalue weighted by molar-refractivity contribution is 5.57. The fourth-order valence-corrected chi connectivity index (χ4v) is 1.93. The van der Waals surface area contributed by atoms with E-state index in [4.69, 9.17) is 5.73 Å². The fraction of sp³-hybridized carbons (Fsp3) is 0.500. The van der Waals surface area contributed by atoms with Crippen molar-refractivity contribution in [2.24, 2.45) is 5.92 Å². The molecule has 1 aromatic heterocycles. The van der Waals surface area contributed by atoms with Crippen LogP contribution in [-0.2, 0) is 0 Å². The Kier molecular flexibility index (Phi) is 2.64. The third kappa shape index (κ3) is 2.05. The maximum absolute atomic E-state index is 10.5. The van der Waals surface area contributed by atoms with Gasteiger partial charge in [0.25, 0.3) is 0 Å². The van der Waals surface area contributed by atoms with Crippen LogP contribution in [0.15, 0.2) is 12.1 Å². The molecule has 6 nitrogen and oxygen atoms in total. The molecule has 16 heavy (non-hydrogen) atoms. The van der Waals surface area contributed by atoms with Gasteiger partial charge in [0, 0.05) is 12.1 Å². The molecule has 0 unspecified atom stereocenters. The average molecular weight is 222 g/mol. The molecule has 0 aliphatic heterocycles. The monoisotopic (exact) mass is 222 g/mol. The van der Waals surface area contributed by atoms with Gasteiger partial charge in [-0.1, -0.05) is 6.92 Å². The molecule has 86 valence electrons. The summed E-state index contributed by atoms with van der Waals surface area (Å²) in [5, 5.41) is 13.7. The summed E-state index contributed by atoms with van der Waals surface area (Å²) in [4.78, 5) is 14.0. The van der Waals surface area contributed by atoms with Crippen molar-refractivity contribution in [3.05, 3.63) is 22.2 Å². The lowest BCUT2D eigenvalue weighted by Gasteiger charge is -2.33. The van der Waals surface area contributed by atoms with Gasteiger partial charge in [0.2, 0.25) is 5.82 Å². The van der Waals surface area contributed by atoms with Gasteiger partial charge in [0.05, 0.1) is 4.92 Å². The number of aromatic nitrogens is 1. The minimum absolute atomic E-state index is 0.0395. The molecular weight excluding hydrogens is 208 g/mol. The molecule has 1 aromatic rings. The minimum atomic E-state index is -0.530. The van der Waals surface area contributed by atoms with Gasteiger partial charge in [-0.2, -0.15) is 0 Å². The third-order valence-electron chi connectivity index (χ3n) is 2.82. The summed E-state index contributed by atoms with van der Waals surface area (Å²) in [6.45, 7) is 2.19. The molecule has 1 aliphatic rings. The van der Waals surface area contributed by atoms with Crippen molar-refractivity contribution in [3.8, 4) is 0 Å². The first kappa shape index (κ1) is 10.7. The number of anilines is 2. The molecule has 0 bridgehead atoms. The van der Waals surface area contributed by atoms with Crippen molar-refractivity contribution < 1.29 is 4.92 Å². The summed E-state index contributed by atoms with van der Waals surface area (Å²) >= 11 is 0. The number of nitro groups is 1. The van der Waals surface area contributed by atoms with E-state index < -0.39 is 4.92 Å². The number of hydrogen-bond acceptors (Lipinski definition) is 5. The third-order valence-corrected chi connectivity index (χ3v) is 2.82. The lowest BCUT2D eigenvalue weighted by atomic mass is 9.82. The second kappa shape index (κ2) is 3.96. The summed E-state index contributed by atoms with van der Waals surface area (Å²) in [7, 11) is 0. The van der Waals surface area contributed by atoms with Crippen molar-refractivity contribution in [1.82, 2.24) is 4.98 Å². The van der Waals surface area contributed by atoms with Crippen molar-refractivity contribution in [1.29, 1.82) is 0 Å². The van der Waals surface area contributed by atoms with Gasteiger partial charge in [-0.25, -0.2) is 4.98 Å². The molecule has 3 N–H and O–H groups in total. The summed E-state index contributed by atoms with van der Waals surface area (Å²) < 4.78 is 0. The Morgan fingerprint density at radius 2 is 2.25 bits per heavy atom. The molecule has 0 aromatic carbocycles. The van der Waals surface area contributed by atoms with Gasteiger partial charge in [0.1, 0.15) is 5.82 Å². The number of nitrogens with one attached hydrogen (secondary N) is 1. The van der Waals surface area contributed by atoms with E-state index in [0.717, 1.165) is 18.8 Å². The van der Waals surface area contributed by atoms with Crippen LogP contribution in [0.1, 0.15) is 19.8 Å². The number of nitrogens with two attached hydrogens (primary N) is 1. The highest BCUT2D eigenvalue weighted by atomic mass is 16.6. The predicted octanol–water partition coefficient (Wildman–Crippen LogP) is 1.78. The van der Waals surface area contributed by atoms with E-state index in [-0.39, 0.29) is 11.5 Å². The zero-order chi connectivity index (χ0) is 11.7. The summed E-state index contributed by atoms with van der Waals surface area (Å²) in [6.07, 6.45) is 2.22. The van der Waals surface area contributed by atoms with Crippen LogP contribution in [0.4, 0.5) is 17.3 Å². The summed E-state index contributed by atoms with van der Waals surface area (Å²) in [5.41, 5.74) is 5.35. The summed E-state index contributed by atoms with van der Waals surface area (Å²) in [6, 6.07) is 3.40. The number of nitrogens with zero attached hydrogens (tertiary/aromatic N) is 2. The van der Waals surface area contributed by atoms with E-state index in [1.54, 1.807) is 6.07 Å². The number of hydrogen-bond donors (Lipinski definition) is 2. The molecule has 1 saturated carbocycles. The largest absolute Gasteiger partial charge is 0.378 e. The SMILES string of the molecule is CC1CC(Nc2ccc([N+](=O)[O-])c(N)n2)C1. The molecule has 2 rings (SSSR count). The van der Waals surface area contributed by atoms with E-state index in [2.05, 4.69) is 17.2 Å². The molecule has 0 atom stereocenters. The van der Waals surface area contributed by atoms with E-state index in [1.165, 1.54) is 6.07 Å². The van der Waals surface area contributed by atoms with Crippen LogP contribution in [-0.4, -0.2) is 15.9 Å². The zero-order valence-electron chi connectivity index (χ0n) is 9.01. The van der Waals surface area contributed by atoms with E-state index in [0.29, 0.717) is 11.9 Å². The Labute approximate surface area is 93.0 Å². The van der Waals surface area contributed by atoms with Crippen LogP contribution >= 0.6 is 0 Å². The van der Waals surface area contributed by atoms with Crippen LogP contribution in [0.5, 0.6) is 0 Å². The molecule has 6 heteroatoms. The van der Waals surface area contributed by atoms with Crippen LogP contribution in [0.2, 0.25) is 0 Å². The van der Waals surface area contributed by atoms with Crippen molar-refractivity contribution in [2.45, 2.75) is 25.8 Å². The van der Waals surface area contributed by atoms with Gasteiger partial charge in [0.15, 0.2) is 0 Å². The number of nitrogen functional groups attached to an aromatic ring is 1.